The number of amides is 1. The number of carbonyl (C=O) groups is 1. The second-order valence-electron chi connectivity index (χ2n) is 4.87. The lowest BCUT2D eigenvalue weighted by atomic mass is 10.2. The first-order valence-corrected chi connectivity index (χ1v) is 6.74. The maximum atomic E-state index is 12.5. The Morgan fingerprint density at radius 2 is 2.20 bits per heavy atom. The molecule has 1 aromatic carbocycles. The van der Waals surface area contributed by atoms with Crippen molar-refractivity contribution in [3.05, 3.63) is 42.1 Å². The van der Waals surface area contributed by atoms with Crippen molar-refractivity contribution in [3.8, 4) is 0 Å². The van der Waals surface area contributed by atoms with Crippen LogP contribution in [0, 0.1) is 0 Å². The highest BCUT2D eigenvalue weighted by Gasteiger charge is 2.24. The van der Waals surface area contributed by atoms with Crippen LogP contribution in [0.1, 0.15) is 10.5 Å². The number of nitrogens with two attached hydrogens (primary N) is 1. The van der Waals surface area contributed by atoms with Crippen LogP contribution >= 0.6 is 0 Å². The predicted octanol–water partition coefficient (Wildman–Crippen LogP) is 1.03. The van der Waals surface area contributed by atoms with Gasteiger partial charge in [-0.25, -0.2) is 4.98 Å². The molecule has 1 aliphatic rings. The van der Waals surface area contributed by atoms with Crippen molar-refractivity contribution in [1.29, 1.82) is 0 Å². The SMILES string of the molecule is NC[C@H]1CN(C(=O)c2ccc3ccccc3n2)CCO1. The molecule has 0 bridgehead atoms. The Morgan fingerprint density at radius 1 is 1.35 bits per heavy atom. The van der Waals surface area contributed by atoms with Gasteiger partial charge in [-0.2, -0.15) is 0 Å². The van der Waals surface area contributed by atoms with Crippen molar-refractivity contribution in [1.82, 2.24) is 9.88 Å². The monoisotopic (exact) mass is 271 g/mol. The first-order valence-electron chi connectivity index (χ1n) is 6.74. The zero-order valence-corrected chi connectivity index (χ0v) is 11.2. The van der Waals surface area contributed by atoms with Crippen LogP contribution < -0.4 is 5.73 Å². The molecule has 1 atom stereocenters. The van der Waals surface area contributed by atoms with Crippen LogP contribution in [0.5, 0.6) is 0 Å². The largest absolute Gasteiger partial charge is 0.373 e. The summed E-state index contributed by atoms with van der Waals surface area (Å²) < 4.78 is 5.47. The fraction of sp³-hybridized carbons (Fsp3) is 0.333. The highest BCUT2D eigenvalue weighted by Crippen LogP contribution is 2.14. The molecular weight excluding hydrogens is 254 g/mol. The first-order chi connectivity index (χ1) is 9.78. The molecule has 20 heavy (non-hydrogen) atoms. The van der Waals surface area contributed by atoms with E-state index in [1.807, 2.05) is 30.3 Å². The summed E-state index contributed by atoms with van der Waals surface area (Å²) >= 11 is 0. The van der Waals surface area contributed by atoms with Gasteiger partial charge < -0.3 is 15.4 Å². The third-order valence-electron chi connectivity index (χ3n) is 3.51. The Bertz CT molecular complexity index is 629. The number of hydrogen-bond acceptors (Lipinski definition) is 4. The Labute approximate surface area is 117 Å². The molecule has 1 saturated heterocycles. The minimum atomic E-state index is -0.0758. The minimum absolute atomic E-state index is 0.0579. The van der Waals surface area contributed by atoms with Crippen LogP contribution in [-0.4, -0.2) is 48.1 Å². The van der Waals surface area contributed by atoms with Gasteiger partial charge in [0.1, 0.15) is 5.69 Å². The van der Waals surface area contributed by atoms with Gasteiger partial charge in [-0.15, -0.1) is 0 Å². The van der Waals surface area contributed by atoms with E-state index in [1.165, 1.54) is 0 Å². The number of aromatic nitrogens is 1. The van der Waals surface area contributed by atoms with E-state index in [0.29, 0.717) is 31.9 Å². The molecule has 0 unspecified atom stereocenters. The Morgan fingerprint density at radius 3 is 3.05 bits per heavy atom. The van der Waals surface area contributed by atoms with E-state index in [9.17, 15) is 4.79 Å². The molecule has 2 aromatic rings. The fourth-order valence-corrected chi connectivity index (χ4v) is 2.39. The van der Waals surface area contributed by atoms with E-state index in [-0.39, 0.29) is 12.0 Å². The van der Waals surface area contributed by atoms with Gasteiger partial charge in [0.05, 0.1) is 18.2 Å². The number of hydrogen-bond donors (Lipinski definition) is 1. The molecule has 1 amide bonds. The summed E-state index contributed by atoms with van der Waals surface area (Å²) in [6.45, 7) is 2.07. The fourth-order valence-electron chi connectivity index (χ4n) is 2.39. The number of benzene rings is 1. The van der Waals surface area contributed by atoms with Crippen LogP contribution in [0.4, 0.5) is 0 Å². The highest BCUT2D eigenvalue weighted by atomic mass is 16.5. The van der Waals surface area contributed by atoms with Crippen LogP contribution in [0.2, 0.25) is 0 Å². The first kappa shape index (κ1) is 13.0. The molecule has 0 radical (unpaired) electrons. The lowest BCUT2D eigenvalue weighted by Crippen LogP contribution is -2.48. The molecule has 1 fully saturated rings. The molecule has 1 aliphatic heterocycles. The Kier molecular flexibility index (Phi) is 3.62. The quantitative estimate of drug-likeness (QED) is 0.886. The van der Waals surface area contributed by atoms with E-state index < -0.39 is 0 Å². The summed E-state index contributed by atoms with van der Waals surface area (Å²) in [4.78, 5) is 18.7. The molecule has 2 N–H and O–H groups in total. The summed E-state index contributed by atoms with van der Waals surface area (Å²) in [6, 6.07) is 11.5. The third-order valence-corrected chi connectivity index (χ3v) is 3.51. The number of nitrogens with zero attached hydrogens (tertiary/aromatic N) is 2. The van der Waals surface area contributed by atoms with Gasteiger partial charge in [0.15, 0.2) is 0 Å². The van der Waals surface area contributed by atoms with Crippen molar-refractivity contribution in [3.63, 3.8) is 0 Å². The molecule has 2 heterocycles. The van der Waals surface area contributed by atoms with Crippen molar-refractivity contribution >= 4 is 16.8 Å². The van der Waals surface area contributed by atoms with Gasteiger partial charge in [0.25, 0.3) is 5.91 Å². The number of ether oxygens (including phenoxy) is 1. The zero-order valence-electron chi connectivity index (χ0n) is 11.2. The van der Waals surface area contributed by atoms with E-state index in [4.69, 9.17) is 10.5 Å². The second-order valence-corrected chi connectivity index (χ2v) is 4.87. The molecule has 3 rings (SSSR count). The van der Waals surface area contributed by atoms with E-state index >= 15 is 0 Å². The molecule has 104 valence electrons. The summed E-state index contributed by atoms with van der Waals surface area (Å²) in [5.74, 6) is -0.0579. The van der Waals surface area contributed by atoms with E-state index in [0.717, 1.165) is 10.9 Å². The van der Waals surface area contributed by atoms with Gasteiger partial charge in [0, 0.05) is 25.0 Å². The lowest BCUT2D eigenvalue weighted by Gasteiger charge is -2.32. The van der Waals surface area contributed by atoms with Gasteiger partial charge in [-0.3, -0.25) is 4.79 Å². The van der Waals surface area contributed by atoms with E-state index in [1.54, 1.807) is 11.0 Å². The summed E-state index contributed by atoms with van der Waals surface area (Å²) in [5, 5.41) is 1.03. The highest BCUT2D eigenvalue weighted by molar-refractivity contribution is 5.95. The molecule has 0 aliphatic carbocycles. The molecule has 1 aromatic heterocycles. The summed E-state index contributed by atoms with van der Waals surface area (Å²) in [6.07, 6.45) is -0.0758. The van der Waals surface area contributed by atoms with Crippen molar-refractivity contribution in [2.24, 2.45) is 5.73 Å². The van der Waals surface area contributed by atoms with Crippen molar-refractivity contribution < 1.29 is 9.53 Å². The number of para-hydroxylation sites is 1. The van der Waals surface area contributed by atoms with Crippen LogP contribution in [0.15, 0.2) is 36.4 Å². The topological polar surface area (TPSA) is 68.5 Å². The van der Waals surface area contributed by atoms with Crippen molar-refractivity contribution in [2.45, 2.75) is 6.10 Å². The molecule has 0 spiro atoms. The maximum Gasteiger partial charge on any atom is 0.272 e. The Balaban J connectivity index is 1.84. The maximum absolute atomic E-state index is 12.5. The van der Waals surface area contributed by atoms with E-state index in [2.05, 4.69) is 4.98 Å². The van der Waals surface area contributed by atoms with Gasteiger partial charge in [-0.05, 0) is 12.1 Å². The molecule has 5 heteroatoms. The number of fused-ring (bicyclic) bond motifs is 1. The average molecular weight is 271 g/mol. The van der Waals surface area contributed by atoms with Crippen LogP contribution in [0.3, 0.4) is 0 Å². The van der Waals surface area contributed by atoms with Gasteiger partial charge >= 0.3 is 0 Å². The van der Waals surface area contributed by atoms with Crippen LogP contribution in [0.25, 0.3) is 10.9 Å². The summed E-state index contributed by atoms with van der Waals surface area (Å²) in [7, 11) is 0. The number of pyridine rings is 1. The standard InChI is InChI=1S/C15H17N3O2/c16-9-12-10-18(7-8-20-12)15(19)14-6-5-11-3-1-2-4-13(11)17-14/h1-6,12H,7-10,16H2/t12-/m0/s1. The normalized spacial score (nSPS) is 19.2. The average Bonchev–Trinajstić information content (AvgIpc) is 2.53. The number of morpholine rings is 1. The Hall–Kier alpha value is -1.98. The predicted molar refractivity (Wildman–Crippen MR) is 76.4 cm³/mol. The van der Waals surface area contributed by atoms with Crippen LogP contribution in [-0.2, 0) is 4.74 Å². The number of carbonyl (C=O) groups excluding carboxylic acids is 1. The molecule has 5 nitrogen and oxygen atoms in total. The molecule has 0 saturated carbocycles. The summed E-state index contributed by atoms with van der Waals surface area (Å²) in [5.41, 5.74) is 6.91. The molecular formula is C15H17N3O2. The van der Waals surface area contributed by atoms with Gasteiger partial charge in [-0.1, -0.05) is 24.3 Å². The van der Waals surface area contributed by atoms with Crippen molar-refractivity contribution in [2.75, 3.05) is 26.2 Å². The smallest absolute Gasteiger partial charge is 0.272 e. The minimum Gasteiger partial charge on any atom is -0.373 e. The van der Waals surface area contributed by atoms with Gasteiger partial charge in [0.2, 0.25) is 0 Å². The zero-order chi connectivity index (χ0) is 13.9. The second kappa shape index (κ2) is 5.56. The third kappa shape index (κ3) is 2.50. The lowest BCUT2D eigenvalue weighted by molar-refractivity contribution is -0.0169. The number of rotatable bonds is 2.